The Balaban J connectivity index is 1.54. The number of imide groups is 1. The summed E-state index contributed by atoms with van der Waals surface area (Å²) < 4.78 is 5.92. The summed E-state index contributed by atoms with van der Waals surface area (Å²) in [6.07, 6.45) is 7.28. The maximum Gasteiger partial charge on any atom is 0.417 e. The average molecular weight is 291 g/mol. The van der Waals surface area contributed by atoms with E-state index in [1.807, 2.05) is 0 Å². The first kappa shape index (κ1) is 13.6. The first-order chi connectivity index (χ1) is 9.91. The maximum atomic E-state index is 12.4. The molecule has 0 aromatic rings. The third-order valence-electron chi connectivity index (χ3n) is 6.83. The predicted molar refractivity (Wildman–Crippen MR) is 77.5 cm³/mol. The van der Waals surface area contributed by atoms with Gasteiger partial charge < -0.3 is 4.74 Å². The second-order valence-corrected chi connectivity index (χ2v) is 8.23. The van der Waals surface area contributed by atoms with Crippen LogP contribution >= 0.6 is 0 Å². The number of ether oxygens (including phenoxy) is 1. The Kier molecular flexibility index (Phi) is 2.74. The van der Waals surface area contributed by atoms with Gasteiger partial charge in [-0.2, -0.15) is 0 Å². The fraction of sp³-hybridized carbons (Fsp3) is 0.882. The highest BCUT2D eigenvalue weighted by Crippen LogP contribution is 2.69. The van der Waals surface area contributed by atoms with Crippen LogP contribution in [0.5, 0.6) is 0 Å². The van der Waals surface area contributed by atoms with Crippen molar-refractivity contribution in [2.75, 3.05) is 6.54 Å². The van der Waals surface area contributed by atoms with Crippen LogP contribution in [-0.2, 0) is 9.53 Å². The number of likely N-dealkylation sites (tertiary alicyclic amines) is 1. The second kappa shape index (κ2) is 4.23. The summed E-state index contributed by atoms with van der Waals surface area (Å²) in [4.78, 5) is 25.4. The van der Waals surface area contributed by atoms with E-state index in [0.29, 0.717) is 13.0 Å². The molecule has 4 nitrogen and oxygen atoms in total. The topological polar surface area (TPSA) is 46.6 Å². The van der Waals surface area contributed by atoms with Crippen LogP contribution in [0.1, 0.15) is 58.8 Å². The van der Waals surface area contributed by atoms with Gasteiger partial charge in [-0.05, 0) is 70.1 Å². The molecule has 2 amide bonds. The minimum absolute atomic E-state index is 0.0782. The SMILES string of the molecule is CC(C)(OC(=O)N1CCCC1=O)C12CC3CC(CC1C3)C2. The molecule has 5 aliphatic rings. The minimum Gasteiger partial charge on any atom is -0.442 e. The Labute approximate surface area is 126 Å². The molecule has 5 rings (SSSR count). The number of amides is 2. The Morgan fingerprint density at radius 3 is 2.48 bits per heavy atom. The number of carbonyl (C=O) groups excluding carboxylic acids is 2. The van der Waals surface area contributed by atoms with Crippen molar-refractivity contribution in [3.05, 3.63) is 0 Å². The smallest absolute Gasteiger partial charge is 0.417 e. The van der Waals surface area contributed by atoms with E-state index in [1.54, 1.807) is 0 Å². The monoisotopic (exact) mass is 291 g/mol. The van der Waals surface area contributed by atoms with E-state index in [1.165, 1.54) is 37.0 Å². The van der Waals surface area contributed by atoms with Crippen LogP contribution in [0.2, 0.25) is 0 Å². The van der Waals surface area contributed by atoms with Gasteiger partial charge in [0.15, 0.2) is 0 Å². The lowest BCUT2D eigenvalue weighted by Gasteiger charge is -2.46. The van der Waals surface area contributed by atoms with E-state index in [-0.39, 0.29) is 11.3 Å². The molecule has 4 bridgehead atoms. The van der Waals surface area contributed by atoms with Crippen molar-refractivity contribution >= 4 is 12.0 Å². The molecule has 5 fully saturated rings. The molecule has 4 saturated carbocycles. The third-order valence-corrected chi connectivity index (χ3v) is 6.83. The summed E-state index contributed by atoms with van der Waals surface area (Å²) in [6, 6.07) is 0. The summed E-state index contributed by atoms with van der Waals surface area (Å²) in [5.41, 5.74) is -0.291. The quantitative estimate of drug-likeness (QED) is 0.784. The third kappa shape index (κ3) is 1.80. The van der Waals surface area contributed by atoms with Crippen molar-refractivity contribution in [2.24, 2.45) is 23.2 Å². The van der Waals surface area contributed by atoms with Crippen LogP contribution in [0, 0.1) is 23.2 Å². The van der Waals surface area contributed by atoms with E-state index in [2.05, 4.69) is 13.8 Å². The summed E-state index contributed by atoms with van der Waals surface area (Å²) in [5, 5.41) is 0. The molecule has 0 spiro atoms. The number of hydrogen-bond donors (Lipinski definition) is 0. The first-order valence-electron chi connectivity index (χ1n) is 8.45. The lowest BCUT2D eigenvalue weighted by molar-refractivity contribution is -0.130. The Morgan fingerprint density at radius 2 is 1.90 bits per heavy atom. The van der Waals surface area contributed by atoms with Crippen LogP contribution in [0.4, 0.5) is 4.79 Å². The molecule has 0 aromatic carbocycles. The van der Waals surface area contributed by atoms with Crippen molar-refractivity contribution in [3.63, 3.8) is 0 Å². The summed E-state index contributed by atoms with van der Waals surface area (Å²) in [6.45, 7) is 4.68. The van der Waals surface area contributed by atoms with Crippen molar-refractivity contribution < 1.29 is 14.3 Å². The lowest BCUT2D eigenvalue weighted by Crippen LogP contribution is -2.50. The molecule has 4 heteroatoms. The molecule has 116 valence electrons. The molecule has 21 heavy (non-hydrogen) atoms. The zero-order valence-electron chi connectivity index (χ0n) is 13.1. The van der Waals surface area contributed by atoms with Crippen molar-refractivity contribution in [3.8, 4) is 0 Å². The highest BCUT2D eigenvalue weighted by molar-refractivity contribution is 5.93. The van der Waals surface area contributed by atoms with Crippen molar-refractivity contribution in [2.45, 2.75) is 64.4 Å². The summed E-state index contributed by atoms with van der Waals surface area (Å²) >= 11 is 0. The van der Waals surface area contributed by atoms with Gasteiger partial charge in [-0.15, -0.1) is 0 Å². The normalized spacial score (nSPS) is 41.1. The predicted octanol–water partition coefficient (Wildman–Crippen LogP) is 3.35. The van der Waals surface area contributed by atoms with E-state index < -0.39 is 11.7 Å². The molecular formula is C17H25NO3. The summed E-state index contributed by atoms with van der Waals surface area (Å²) in [7, 11) is 0. The highest BCUT2D eigenvalue weighted by atomic mass is 16.6. The number of rotatable bonds is 2. The van der Waals surface area contributed by atoms with Crippen LogP contribution in [0.3, 0.4) is 0 Å². The molecule has 2 unspecified atom stereocenters. The molecule has 0 aromatic heterocycles. The second-order valence-electron chi connectivity index (χ2n) is 8.23. The van der Waals surface area contributed by atoms with Crippen LogP contribution < -0.4 is 0 Å². The first-order valence-corrected chi connectivity index (χ1v) is 8.45. The molecule has 0 N–H and O–H groups in total. The van der Waals surface area contributed by atoms with Crippen LogP contribution in [0.15, 0.2) is 0 Å². The largest absolute Gasteiger partial charge is 0.442 e. The van der Waals surface area contributed by atoms with Gasteiger partial charge in [-0.1, -0.05) is 0 Å². The molecule has 4 aliphatic carbocycles. The Morgan fingerprint density at radius 1 is 1.24 bits per heavy atom. The fourth-order valence-electron chi connectivity index (χ4n) is 6.00. The van der Waals surface area contributed by atoms with Crippen LogP contribution in [0.25, 0.3) is 0 Å². The van der Waals surface area contributed by atoms with Crippen LogP contribution in [-0.4, -0.2) is 29.0 Å². The van der Waals surface area contributed by atoms with Gasteiger partial charge in [0.2, 0.25) is 5.91 Å². The Hall–Kier alpha value is -1.06. The zero-order valence-corrected chi connectivity index (χ0v) is 13.1. The summed E-state index contributed by atoms with van der Waals surface area (Å²) in [5.74, 6) is 2.33. The average Bonchev–Trinajstić information content (AvgIpc) is 3.00. The number of nitrogens with zero attached hydrogens (tertiary/aromatic N) is 1. The standard InChI is InChI=1S/C17H25NO3/c1-16(2,21-15(20)18-5-3-4-14(18)19)17-9-11-6-12(10-17)8-13(17)7-11/h11-13H,3-10H2,1-2H3. The molecule has 2 atom stereocenters. The lowest BCUT2D eigenvalue weighted by atomic mass is 9.66. The van der Waals surface area contributed by atoms with Gasteiger partial charge in [0.1, 0.15) is 5.60 Å². The molecular weight excluding hydrogens is 266 g/mol. The van der Waals surface area contributed by atoms with Gasteiger partial charge in [0.25, 0.3) is 0 Å². The van der Waals surface area contributed by atoms with E-state index in [0.717, 1.165) is 24.2 Å². The molecule has 1 aliphatic heterocycles. The molecule has 1 heterocycles. The number of carbonyl (C=O) groups is 2. The highest BCUT2D eigenvalue weighted by Gasteiger charge is 2.65. The van der Waals surface area contributed by atoms with Gasteiger partial charge in [-0.25, -0.2) is 9.69 Å². The van der Waals surface area contributed by atoms with E-state index in [4.69, 9.17) is 4.74 Å². The maximum absolute atomic E-state index is 12.4. The minimum atomic E-state index is -0.457. The van der Waals surface area contributed by atoms with Gasteiger partial charge in [-0.3, -0.25) is 4.79 Å². The van der Waals surface area contributed by atoms with Crippen molar-refractivity contribution in [1.82, 2.24) is 4.90 Å². The molecule has 1 saturated heterocycles. The fourth-order valence-corrected chi connectivity index (χ4v) is 6.00. The Bertz CT molecular complexity index is 484. The number of hydrogen-bond acceptors (Lipinski definition) is 3. The van der Waals surface area contributed by atoms with Gasteiger partial charge >= 0.3 is 6.09 Å². The van der Waals surface area contributed by atoms with Gasteiger partial charge in [0, 0.05) is 18.4 Å². The molecule has 0 radical (unpaired) electrons. The van der Waals surface area contributed by atoms with Gasteiger partial charge in [0.05, 0.1) is 0 Å². The van der Waals surface area contributed by atoms with E-state index >= 15 is 0 Å². The van der Waals surface area contributed by atoms with E-state index in [9.17, 15) is 9.59 Å². The van der Waals surface area contributed by atoms with Crippen molar-refractivity contribution in [1.29, 1.82) is 0 Å². The zero-order chi connectivity index (χ0) is 14.8.